The van der Waals surface area contributed by atoms with Crippen molar-refractivity contribution in [1.29, 1.82) is 0 Å². The predicted octanol–water partition coefficient (Wildman–Crippen LogP) is 4.36. The van der Waals surface area contributed by atoms with Gasteiger partial charge in [-0.05, 0) is 48.0 Å². The molecule has 33 heavy (non-hydrogen) atoms. The van der Waals surface area contributed by atoms with Crippen molar-refractivity contribution in [3.05, 3.63) is 83.7 Å². The average Bonchev–Trinajstić information content (AvgIpc) is 3.07. The van der Waals surface area contributed by atoms with Crippen molar-refractivity contribution in [3.8, 4) is 17.2 Å². The van der Waals surface area contributed by atoms with Gasteiger partial charge in [0.2, 0.25) is 0 Å². The number of esters is 1. The summed E-state index contributed by atoms with van der Waals surface area (Å²) < 4.78 is 34.9. The van der Waals surface area contributed by atoms with Crippen LogP contribution in [-0.2, 0) is 16.1 Å². The number of amides is 1. The predicted molar refractivity (Wildman–Crippen MR) is 118 cm³/mol. The van der Waals surface area contributed by atoms with E-state index in [1.165, 1.54) is 18.2 Å². The first-order valence-corrected chi connectivity index (χ1v) is 10.4. The summed E-state index contributed by atoms with van der Waals surface area (Å²) in [6.45, 7) is 0.881. The van der Waals surface area contributed by atoms with Crippen LogP contribution in [0.4, 0.5) is 10.1 Å². The van der Waals surface area contributed by atoms with Crippen molar-refractivity contribution in [2.75, 3.05) is 25.1 Å². The van der Waals surface area contributed by atoms with E-state index in [2.05, 4.69) is 5.32 Å². The van der Waals surface area contributed by atoms with Gasteiger partial charge in [-0.3, -0.25) is 4.79 Å². The van der Waals surface area contributed by atoms with Crippen LogP contribution < -0.4 is 19.5 Å². The molecule has 0 saturated carbocycles. The Kier molecular flexibility index (Phi) is 7.04. The molecule has 3 aromatic carbocycles. The zero-order valence-corrected chi connectivity index (χ0v) is 17.7. The van der Waals surface area contributed by atoms with E-state index >= 15 is 0 Å². The molecule has 0 unspecified atom stereocenters. The van der Waals surface area contributed by atoms with Gasteiger partial charge in [0.15, 0.2) is 18.1 Å². The molecule has 0 radical (unpaired) electrons. The average molecular weight is 451 g/mol. The fraction of sp³-hybridized carbons (Fsp3) is 0.200. The highest BCUT2D eigenvalue weighted by atomic mass is 19.1. The van der Waals surface area contributed by atoms with Gasteiger partial charge in [0.25, 0.3) is 5.91 Å². The molecule has 1 N–H and O–H groups in total. The Morgan fingerprint density at radius 2 is 1.73 bits per heavy atom. The number of hydrogen-bond donors (Lipinski definition) is 1. The maximum atomic E-state index is 13.0. The molecular formula is C25H22FNO6. The molecular weight excluding hydrogens is 429 g/mol. The second-order valence-corrected chi connectivity index (χ2v) is 7.28. The van der Waals surface area contributed by atoms with E-state index in [4.69, 9.17) is 18.9 Å². The lowest BCUT2D eigenvalue weighted by Gasteiger charge is -2.11. The molecule has 3 aromatic rings. The molecule has 4 rings (SSSR count). The number of fused-ring (bicyclic) bond motifs is 1. The molecule has 0 saturated heterocycles. The largest absolute Gasteiger partial charge is 0.490 e. The van der Waals surface area contributed by atoms with Gasteiger partial charge in [0, 0.05) is 18.2 Å². The number of rotatable bonds is 7. The monoisotopic (exact) mass is 451 g/mol. The zero-order chi connectivity index (χ0) is 23.0. The van der Waals surface area contributed by atoms with Crippen LogP contribution >= 0.6 is 0 Å². The summed E-state index contributed by atoms with van der Waals surface area (Å²) >= 11 is 0. The highest BCUT2D eigenvalue weighted by Gasteiger charge is 2.14. The molecule has 0 aliphatic carbocycles. The summed E-state index contributed by atoms with van der Waals surface area (Å²) in [5.41, 5.74) is 1.54. The molecule has 1 amide bonds. The second kappa shape index (κ2) is 10.5. The van der Waals surface area contributed by atoms with Crippen molar-refractivity contribution < 1.29 is 32.9 Å². The van der Waals surface area contributed by atoms with Crippen LogP contribution in [0.25, 0.3) is 0 Å². The molecule has 1 aliphatic heterocycles. The molecule has 0 spiro atoms. The summed E-state index contributed by atoms with van der Waals surface area (Å²) in [5.74, 6) is 0.165. The van der Waals surface area contributed by atoms with Gasteiger partial charge in [-0.15, -0.1) is 0 Å². The number of carbonyl (C=O) groups excluding carboxylic acids is 2. The van der Waals surface area contributed by atoms with Crippen LogP contribution in [0, 0.1) is 5.82 Å². The number of hydrogen-bond acceptors (Lipinski definition) is 6. The molecule has 0 aromatic heterocycles. The van der Waals surface area contributed by atoms with Gasteiger partial charge in [-0.25, -0.2) is 9.18 Å². The molecule has 7 nitrogen and oxygen atoms in total. The fourth-order valence-corrected chi connectivity index (χ4v) is 3.11. The number of ether oxygens (including phenoxy) is 4. The van der Waals surface area contributed by atoms with Gasteiger partial charge in [-0.2, -0.15) is 0 Å². The van der Waals surface area contributed by atoms with Crippen LogP contribution in [0.15, 0.2) is 66.7 Å². The number of anilines is 1. The van der Waals surface area contributed by atoms with Crippen LogP contribution in [0.1, 0.15) is 22.3 Å². The standard InChI is InChI=1S/C25H22FNO6/c26-19-7-5-17(6-8-19)15-32-21-4-1-3-18(13-21)25(29)33-16-24(28)27-20-9-10-22-23(14-20)31-12-2-11-30-22/h1,3-10,13-14H,2,11-12,15-16H2,(H,27,28). The minimum atomic E-state index is -0.656. The fourth-order valence-electron chi connectivity index (χ4n) is 3.11. The summed E-state index contributed by atoms with van der Waals surface area (Å²) in [7, 11) is 0. The SMILES string of the molecule is O=C(COC(=O)c1cccc(OCc2ccc(F)cc2)c1)Nc1ccc2c(c1)OCCCO2. The quantitative estimate of drug-likeness (QED) is 0.538. The third-order valence-corrected chi connectivity index (χ3v) is 4.75. The Bertz CT molecular complexity index is 1130. The van der Waals surface area contributed by atoms with Gasteiger partial charge in [0.1, 0.15) is 18.2 Å². The van der Waals surface area contributed by atoms with Crippen LogP contribution in [0.2, 0.25) is 0 Å². The summed E-state index contributed by atoms with van der Waals surface area (Å²) in [4.78, 5) is 24.6. The van der Waals surface area contributed by atoms with Gasteiger partial charge in [0.05, 0.1) is 18.8 Å². The summed E-state index contributed by atoms with van der Waals surface area (Å²) in [6, 6.07) is 17.4. The van der Waals surface area contributed by atoms with Crippen LogP contribution in [0.3, 0.4) is 0 Å². The van der Waals surface area contributed by atoms with E-state index < -0.39 is 18.5 Å². The zero-order valence-electron chi connectivity index (χ0n) is 17.7. The van der Waals surface area contributed by atoms with Crippen molar-refractivity contribution in [3.63, 3.8) is 0 Å². The third-order valence-electron chi connectivity index (χ3n) is 4.75. The first kappa shape index (κ1) is 22.1. The van der Waals surface area contributed by atoms with E-state index in [9.17, 15) is 14.0 Å². The molecule has 1 heterocycles. The van der Waals surface area contributed by atoms with Crippen molar-refractivity contribution in [2.45, 2.75) is 13.0 Å². The molecule has 0 atom stereocenters. The Labute approximate surface area is 190 Å². The Hall–Kier alpha value is -4.07. The second-order valence-electron chi connectivity index (χ2n) is 7.28. The van der Waals surface area contributed by atoms with Gasteiger partial charge in [-0.1, -0.05) is 18.2 Å². The normalized spacial score (nSPS) is 12.4. The van der Waals surface area contributed by atoms with E-state index in [0.717, 1.165) is 12.0 Å². The molecule has 170 valence electrons. The maximum Gasteiger partial charge on any atom is 0.338 e. The molecule has 0 bridgehead atoms. The number of benzene rings is 3. The van der Waals surface area contributed by atoms with Crippen molar-refractivity contribution >= 4 is 17.6 Å². The number of carbonyl (C=O) groups is 2. The molecule has 1 aliphatic rings. The Balaban J connectivity index is 1.28. The third kappa shape index (κ3) is 6.22. The van der Waals surface area contributed by atoms with E-state index in [-0.39, 0.29) is 18.0 Å². The van der Waals surface area contributed by atoms with Crippen molar-refractivity contribution in [1.82, 2.24) is 0 Å². The smallest absolute Gasteiger partial charge is 0.338 e. The minimum absolute atomic E-state index is 0.219. The Morgan fingerprint density at radius 1 is 0.939 bits per heavy atom. The lowest BCUT2D eigenvalue weighted by Crippen LogP contribution is -2.21. The van der Waals surface area contributed by atoms with Crippen molar-refractivity contribution in [2.24, 2.45) is 0 Å². The van der Waals surface area contributed by atoms with E-state index in [1.807, 2.05) is 0 Å². The van der Waals surface area contributed by atoms with E-state index in [0.29, 0.717) is 36.1 Å². The van der Waals surface area contributed by atoms with Crippen LogP contribution in [0.5, 0.6) is 17.2 Å². The molecule has 0 fully saturated rings. The Morgan fingerprint density at radius 3 is 2.55 bits per heavy atom. The highest BCUT2D eigenvalue weighted by molar-refractivity contribution is 5.95. The first-order chi connectivity index (χ1) is 16.1. The summed E-state index contributed by atoms with van der Waals surface area (Å²) in [6.07, 6.45) is 0.783. The topological polar surface area (TPSA) is 83.1 Å². The number of nitrogens with one attached hydrogen (secondary N) is 1. The maximum absolute atomic E-state index is 13.0. The highest BCUT2D eigenvalue weighted by Crippen LogP contribution is 2.32. The number of halogens is 1. The first-order valence-electron chi connectivity index (χ1n) is 10.4. The van der Waals surface area contributed by atoms with Gasteiger partial charge >= 0.3 is 5.97 Å². The van der Waals surface area contributed by atoms with E-state index in [1.54, 1.807) is 48.5 Å². The molecule has 8 heteroatoms. The van der Waals surface area contributed by atoms with Crippen LogP contribution in [-0.4, -0.2) is 31.7 Å². The lowest BCUT2D eigenvalue weighted by molar-refractivity contribution is -0.119. The van der Waals surface area contributed by atoms with Gasteiger partial charge < -0.3 is 24.3 Å². The lowest BCUT2D eigenvalue weighted by atomic mass is 10.2. The minimum Gasteiger partial charge on any atom is -0.490 e. The summed E-state index contributed by atoms with van der Waals surface area (Å²) in [5, 5.41) is 2.67.